The molecule has 2 aromatic rings. The van der Waals surface area contributed by atoms with Crippen LogP contribution in [0, 0.1) is 5.92 Å². The van der Waals surface area contributed by atoms with Crippen LogP contribution in [0.25, 0.3) is 11.3 Å². The van der Waals surface area contributed by atoms with Crippen LogP contribution in [0.5, 0.6) is 0 Å². The SMILES string of the molecule is CO.O=C1CNc2ncc(-c3ccc(C4=NCC=N4)nc3)nc2N1CC1CCCCC1. The average Bonchev–Trinajstić information content (AvgIpc) is 3.38. The van der Waals surface area contributed by atoms with Gasteiger partial charge >= 0.3 is 0 Å². The largest absolute Gasteiger partial charge is 0.400 e. The predicted octanol–water partition coefficient (Wildman–Crippen LogP) is 2.32. The molecular formula is C22H27N7O2. The topological polar surface area (TPSA) is 116 Å². The zero-order chi connectivity index (χ0) is 21.6. The number of hydrogen-bond acceptors (Lipinski definition) is 8. The second kappa shape index (κ2) is 9.74. The van der Waals surface area contributed by atoms with Gasteiger partial charge in [0.15, 0.2) is 17.5 Å². The number of aliphatic imine (C=N–C) groups is 2. The van der Waals surface area contributed by atoms with Crippen LogP contribution < -0.4 is 10.2 Å². The first-order valence-corrected chi connectivity index (χ1v) is 10.7. The highest BCUT2D eigenvalue weighted by Gasteiger charge is 2.29. The van der Waals surface area contributed by atoms with E-state index in [1.165, 1.54) is 32.1 Å². The number of aliphatic hydroxyl groups excluding tert-OH is 1. The van der Waals surface area contributed by atoms with Gasteiger partial charge < -0.3 is 10.4 Å². The molecule has 0 radical (unpaired) electrons. The quantitative estimate of drug-likeness (QED) is 0.783. The molecule has 2 N–H and O–H groups in total. The third-order valence-electron chi connectivity index (χ3n) is 5.71. The van der Waals surface area contributed by atoms with Gasteiger partial charge in [0.1, 0.15) is 5.69 Å². The number of nitrogens with zero attached hydrogens (tertiary/aromatic N) is 6. The molecule has 0 bridgehead atoms. The molecule has 1 fully saturated rings. The number of carbonyl (C=O) groups is 1. The Labute approximate surface area is 181 Å². The number of aromatic nitrogens is 3. The molecule has 9 heteroatoms. The number of aliphatic hydroxyl groups is 1. The second-order valence-corrected chi connectivity index (χ2v) is 7.70. The summed E-state index contributed by atoms with van der Waals surface area (Å²) in [5.74, 6) is 2.54. The molecule has 3 aliphatic rings. The summed E-state index contributed by atoms with van der Waals surface area (Å²) >= 11 is 0. The standard InChI is InChI=1S/C21H23N7O.CH4O/c29-18-12-26-20-21(28(18)13-14-4-2-1-3-5-14)27-17(11-25-20)15-6-7-16(24-10-15)19-22-8-9-23-19;1-2/h6-8,10-11,14H,1-5,9,12-13H2,(H,25,26);2H,1H3. The average molecular weight is 422 g/mol. The highest BCUT2D eigenvalue weighted by Crippen LogP contribution is 2.32. The number of rotatable bonds is 4. The zero-order valence-electron chi connectivity index (χ0n) is 17.7. The van der Waals surface area contributed by atoms with E-state index in [4.69, 9.17) is 10.1 Å². The second-order valence-electron chi connectivity index (χ2n) is 7.70. The molecule has 9 nitrogen and oxygen atoms in total. The van der Waals surface area contributed by atoms with Gasteiger partial charge in [0.25, 0.3) is 0 Å². The lowest BCUT2D eigenvalue weighted by molar-refractivity contribution is -0.117. The summed E-state index contributed by atoms with van der Waals surface area (Å²) in [7, 11) is 1.00. The van der Waals surface area contributed by atoms with Crippen LogP contribution in [0.4, 0.5) is 11.6 Å². The van der Waals surface area contributed by atoms with Crippen LogP contribution in [0.15, 0.2) is 34.5 Å². The predicted molar refractivity (Wildman–Crippen MR) is 121 cm³/mol. The van der Waals surface area contributed by atoms with Crippen molar-refractivity contribution in [3.8, 4) is 11.3 Å². The Hall–Kier alpha value is -3.20. The highest BCUT2D eigenvalue weighted by atomic mass is 16.2. The van der Waals surface area contributed by atoms with Crippen molar-refractivity contribution in [1.82, 2.24) is 15.0 Å². The number of amides is 1. The van der Waals surface area contributed by atoms with E-state index in [1.807, 2.05) is 17.0 Å². The van der Waals surface area contributed by atoms with Gasteiger partial charge in [0.05, 0.1) is 25.0 Å². The molecule has 2 aliphatic heterocycles. The van der Waals surface area contributed by atoms with Crippen LogP contribution in [-0.2, 0) is 4.79 Å². The molecule has 1 aliphatic carbocycles. The Morgan fingerprint density at radius 2 is 1.94 bits per heavy atom. The van der Waals surface area contributed by atoms with Crippen molar-refractivity contribution < 1.29 is 9.90 Å². The lowest BCUT2D eigenvalue weighted by Gasteiger charge is -2.33. The number of carbonyl (C=O) groups excluding carboxylic acids is 1. The van der Waals surface area contributed by atoms with Crippen molar-refractivity contribution in [2.75, 3.05) is 37.0 Å². The number of pyridine rings is 1. The van der Waals surface area contributed by atoms with Gasteiger partial charge in [-0.2, -0.15) is 0 Å². The van der Waals surface area contributed by atoms with Crippen molar-refractivity contribution in [1.29, 1.82) is 0 Å². The highest BCUT2D eigenvalue weighted by molar-refractivity contribution is 6.05. The molecule has 0 saturated heterocycles. The van der Waals surface area contributed by atoms with E-state index in [9.17, 15) is 4.79 Å². The molecule has 0 unspecified atom stereocenters. The molecule has 4 heterocycles. The Morgan fingerprint density at radius 3 is 2.65 bits per heavy atom. The van der Waals surface area contributed by atoms with Crippen molar-refractivity contribution in [2.45, 2.75) is 32.1 Å². The Morgan fingerprint density at radius 1 is 1.10 bits per heavy atom. The fraction of sp³-hybridized carbons (Fsp3) is 0.455. The Kier molecular flexibility index (Phi) is 6.61. The summed E-state index contributed by atoms with van der Waals surface area (Å²) in [4.78, 5) is 36.7. The first kappa shape index (κ1) is 21.0. The minimum Gasteiger partial charge on any atom is -0.400 e. The lowest BCUT2D eigenvalue weighted by atomic mass is 9.89. The van der Waals surface area contributed by atoms with Crippen LogP contribution in [-0.4, -0.2) is 64.8 Å². The molecular weight excluding hydrogens is 394 g/mol. The summed E-state index contributed by atoms with van der Waals surface area (Å²) < 4.78 is 0. The van der Waals surface area contributed by atoms with Gasteiger partial charge in [-0.05, 0) is 30.9 Å². The molecule has 0 spiro atoms. The van der Waals surface area contributed by atoms with Crippen LogP contribution in [0.2, 0.25) is 0 Å². The van der Waals surface area contributed by atoms with E-state index in [-0.39, 0.29) is 12.5 Å². The van der Waals surface area contributed by atoms with Gasteiger partial charge in [0.2, 0.25) is 5.91 Å². The first-order chi connectivity index (χ1) is 15.3. The number of fused-ring (bicyclic) bond motifs is 1. The summed E-state index contributed by atoms with van der Waals surface area (Å²) in [6.45, 7) is 1.60. The van der Waals surface area contributed by atoms with E-state index < -0.39 is 0 Å². The summed E-state index contributed by atoms with van der Waals surface area (Å²) in [5, 5.41) is 10.1. The normalized spacial score (nSPS) is 18.1. The van der Waals surface area contributed by atoms with Gasteiger partial charge in [-0.1, -0.05) is 19.3 Å². The van der Waals surface area contributed by atoms with E-state index in [0.717, 1.165) is 24.9 Å². The van der Waals surface area contributed by atoms with Crippen molar-refractivity contribution in [3.05, 3.63) is 30.2 Å². The maximum Gasteiger partial charge on any atom is 0.247 e. The Balaban J connectivity index is 0.00000112. The van der Waals surface area contributed by atoms with Crippen molar-refractivity contribution in [2.24, 2.45) is 15.9 Å². The van der Waals surface area contributed by atoms with Crippen molar-refractivity contribution >= 4 is 29.6 Å². The third-order valence-corrected chi connectivity index (χ3v) is 5.71. The molecule has 1 amide bonds. The van der Waals surface area contributed by atoms with Gasteiger partial charge in [-0.15, -0.1) is 0 Å². The monoisotopic (exact) mass is 421 g/mol. The van der Waals surface area contributed by atoms with Gasteiger partial charge in [0, 0.05) is 31.6 Å². The maximum atomic E-state index is 12.6. The minimum atomic E-state index is 0.0557. The first-order valence-electron chi connectivity index (χ1n) is 10.7. The number of anilines is 2. The zero-order valence-corrected chi connectivity index (χ0v) is 17.7. The van der Waals surface area contributed by atoms with Crippen LogP contribution in [0.1, 0.15) is 37.8 Å². The van der Waals surface area contributed by atoms with Gasteiger partial charge in [-0.25, -0.2) is 15.0 Å². The molecule has 1 saturated carbocycles. The molecule has 0 atom stereocenters. The van der Waals surface area contributed by atoms with Gasteiger partial charge in [-0.3, -0.25) is 19.7 Å². The summed E-state index contributed by atoms with van der Waals surface area (Å²) in [6.07, 6.45) is 11.4. The maximum absolute atomic E-state index is 12.6. The van der Waals surface area contributed by atoms with Crippen LogP contribution in [0.3, 0.4) is 0 Å². The molecule has 2 aromatic heterocycles. The number of amidine groups is 1. The summed E-state index contributed by atoms with van der Waals surface area (Å²) in [5.41, 5.74) is 2.29. The van der Waals surface area contributed by atoms with E-state index in [2.05, 4.69) is 25.3 Å². The fourth-order valence-electron chi connectivity index (χ4n) is 4.14. The lowest BCUT2D eigenvalue weighted by Crippen LogP contribution is -2.43. The van der Waals surface area contributed by atoms with E-state index in [1.54, 1.807) is 18.6 Å². The van der Waals surface area contributed by atoms with Crippen molar-refractivity contribution in [3.63, 3.8) is 0 Å². The minimum absolute atomic E-state index is 0.0557. The molecule has 0 aromatic carbocycles. The number of nitrogens with one attached hydrogen (secondary N) is 1. The van der Waals surface area contributed by atoms with E-state index >= 15 is 0 Å². The molecule has 5 rings (SSSR count). The summed E-state index contributed by atoms with van der Waals surface area (Å²) in [6, 6.07) is 3.83. The molecule has 162 valence electrons. The molecule has 31 heavy (non-hydrogen) atoms. The van der Waals surface area contributed by atoms with E-state index in [0.29, 0.717) is 35.6 Å². The fourth-order valence-corrected chi connectivity index (χ4v) is 4.14. The smallest absolute Gasteiger partial charge is 0.247 e. The third kappa shape index (κ3) is 4.61. The number of hydrogen-bond donors (Lipinski definition) is 2. The Bertz CT molecular complexity index is 982. The van der Waals surface area contributed by atoms with Crippen LogP contribution >= 0.6 is 0 Å².